The normalized spacial score (nSPS) is 13.4. The van der Waals surface area contributed by atoms with Gasteiger partial charge in [0.2, 0.25) is 0 Å². The first-order valence-corrected chi connectivity index (χ1v) is 6.65. The lowest BCUT2D eigenvalue weighted by atomic mass is 10.1. The van der Waals surface area contributed by atoms with E-state index in [9.17, 15) is 13.2 Å². The Kier molecular flexibility index (Phi) is 4.53. The molecule has 0 N–H and O–H groups in total. The van der Waals surface area contributed by atoms with Crippen molar-refractivity contribution in [2.45, 2.75) is 25.9 Å². The minimum atomic E-state index is -4.11. The van der Waals surface area contributed by atoms with E-state index in [0.717, 1.165) is 10.8 Å². The minimum absolute atomic E-state index is 0.0943. The van der Waals surface area contributed by atoms with Gasteiger partial charge in [-0.25, -0.2) is 0 Å². The Morgan fingerprint density at radius 2 is 1.75 bits per heavy atom. The number of benzene rings is 2. The van der Waals surface area contributed by atoms with Gasteiger partial charge in [-0.2, -0.15) is 13.2 Å². The topological polar surface area (TPSA) is 9.23 Å². The Morgan fingerprint density at radius 3 is 2.45 bits per heavy atom. The van der Waals surface area contributed by atoms with Crippen molar-refractivity contribution >= 4 is 10.8 Å². The molecule has 0 fully saturated rings. The fourth-order valence-electron chi connectivity index (χ4n) is 2.00. The Hall–Kier alpha value is -1.71. The van der Waals surface area contributed by atoms with E-state index in [1.807, 2.05) is 42.5 Å². The largest absolute Gasteiger partial charge is 0.494 e. The Morgan fingerprint density at radius 1 is 1.05 bits per heavy atom. The standard InChI is InChI=1S/C16H17F3O/c1-12(16(17,18)19)5-4-10-20-15-9-8-13-6-2-3-7-14(13)11-15/h2-3,6-9,11-12H,4-5,10H2,1H3. The summed E-state index contributed by atoms with van der Waals surface area (Å²) in [5.41, 5.74) is 0. The van der Waals surface area contributed by atoms with E-state index in [2.05, 4.69) is 0 Å². The predicted octanol–water partition coefficient (Wildman–Crippen LogP) is 5.20. The van der Waals surface area contributed by atoms with Crippen LogP contribution in [0.5, 0.6) is 5.75 Å². The van der Waals surface area contributed by atoms with Crippen LogP contribution in [0.1, 0.15) is 19.8 Å². The summed E-state index contributed by atoms with van der Waals surface area (Å²) in [7, 11) is 0. The van der Waals surface area contributed by atoms with Crippen molar-refractivity contribution in [3.8, 4) is 5.75 Å². The summed E-state index contributed by atoms with van der Waals surface area (Å²) < 4.78 is 42.5. The van der Waals surface area contributed by atoms with Crippen LogP contribution < -0.4 is 4.74 Å². The molecular weight excluding hydrogens is 265 g/mol. The average molecular weight is 282 g/mol. The third-order valence-electron chi connectivity index (χ3n) is 3.33. The maximum Gasteiger partial charge on any atom is 0.391 e. The molecule has 2 rings (SSSR count). The van der Waals surface area contributed by atoms with Crippen LogP contribution in [0.15, 0.2) is 42.5 Å². The van der Waals surface area contributed by atoms with Crippen LogP contribution in [0.2, 0.25) is 0 Å². The highest BCUT2D eigenvalue weighted by molar-refractivity contribution is 5.83. The van der Waals surface area contributed by atoms with E-state index in [0.29, 0.717) is 18.8 Å². The van der Waals surface area contributed by atoms with Crippen molar-refractivity contribution in [1.29, 1.82) is 0 Å². The molecule has 0 spiro atoms. The summed E-state index contributed by atoms with van der Waals surface area (Å²) in [6.45, 7) is 1.51. The van der Waals surface area contributed by atoms with Crippen molar-refractivity contribution in [3.63, 3.8) is 0 Å². The third kappa shape index (κ3) is 3.89. The van der Waals surface area contributed by atoms with Gasteiger partial charge in [0.05, 0.1) is 12.5 Å². The second kappa shape index (κ2) is 6.16. The molecule has 0 aliphatic heterocycles. The molecule has 0 amide bonds. The van der Waals surface area contributed by atoms with Crippen LogP contribution in [-0.2, 0) is 0 Å². The second-order valence-electron chi connectivity index (χ2n) is 4.94. The van der Waals surface area contributed by atoms with E-state index >= 15 is 0 Å². The van der Waals surface area contributed by atoms with Gasteiger partial charge in [-0.05, 0) is 35.7 Å². The lowest BCUT2D eigenvalue weighted by Gasteiger charge is -2.15. The molecule has 2 aromatic rings. The molecule has 1 nitrogen and oxygen atoms in total. The van der Waals surface area contributed by atoms with Gasteiger partial charge in [0, 0.05) is 0 Å². The fourth-order valence-corrected chi connectivity index (χ4v) is 2.00. The van der Waals surface area contributed by atoms with Crippen LogP contribution in [0, 0.1) is 5.92 Å². The average Bonchev–Trinajstić information content (AvgIpc) is 2.42. The smallest absolute Gasteiger partial charge is 0.391 e. The summed E-state index contributed by atoms with van der Waals surface area (Å²) in [5, 5.41) is 2.18. The zero-order valence-corrected chi connectivity index (χ0v) is 11.3. The van der Waals surface area contributed by atoms with Crippen LogP contribution in [0.25, 0.3) is 10.8 Å². The first kappa shape index (κ1) is 14.7. The number of hydrogen-bond acceptors (Lipinski definition) is 1. The van der Waals surface area contributed by atoms with E-state index in [4.69, 9.17) is 4.74 Å². The highest BCUT2D eigenvalue weighted by Crippen LogP contribution is 2.29. The predicted molar refractivity (Wildman–Crippen MR) is 73.9 cm³/mol. The molecule has 108 valence electrons. The molecule has 0 aromatic heterocycles. The third-order valence-corrected chi connectivity index (χ3v) is 3.33. The van der Waals surface area contributed by atoms with Gasteiger partial charge in [-0.1, -0.05) is 37.3 Å². The molecule has 20 heavy (non-hydrogen) atoms. The Bertz CT molecular complexity index is 563. The van der Waals surface area contributed by atoms with E-state index < -0.39 is 12.1 Å². The van der Waals surface area contributed by atoms with Gasteiger partial charge >= 0.3 is 6.18 Å². The Balaban J connectivity index is 1.84. The molecule has 0 aliphatic carbocycles. The van der Waals surface area contributed by atoms with Gasteiger partial charge in [-0.15, -0.1) is 0 Å². The number of ether oxygens (including phenoxy) is 1. The number of hydrogen-bond donors (Lipinski definition) is 0. The molecule has 0 radical (unpaired) electrons. The second-order valence-corrected chi connectivity index (χ2v) is 4.94. The van der Waals surface area contributed by atoms with Crippen molar-refractivity contribution in [2.75, 3.05) is 6.61 Å². The molecule has 0 aliphatic rings. The quantitative estimate of drug-likeness (QED) is 0.685. The molecule has 0 saturated heterocycles. The maximum atomic E-state index is 12.3. The SMILES string of the molecule is CC(CCCOc1ccc2ccccc2c1)C(F)(F)F. The van der Waals surface area contributed by atoms with Crippen molar-refractivity contribution in [1.82, 2.24) is 0 Å². The monoisotopic (exact) mass is 282 g/mol. The molecule has 2 aromatic carbocycles. The van der Waals surface area contributed by atoms with Gasteiger partial charge in [0.15, 0.2) is 0 Å². The number of rotatable bonds is 5. The molecule has 4 heteroatoms. The van der Waals surface area contributed by atoms with Crippen molar-refractivity contribution in [3.05, 3.63) is 42.5 Å². The van der Waals surface area contributed by atoms with Crippen LogP contribution in [0.4, 0.5) is 13.2 Å². The maximum absolute atomic E-state index is 12.3. The van der Waals surface area contributed by atoms with E-state index in [1.54, 1.807) is 0 Å². The molecule has 1 atom stereocenters. The van der Waals surface area contributed by atoms with Crippen LogP contribution in [0.3, 0.4) is 0 Å². The van der Waals surface area contributed by atoms with Gasteiger partial charge in [0.25, 0.3) is 0 Å². The molecular formula is C16H17F3O. The van der Waals surface area contributed by atoms with Gasteiger partial charge in [0.1, 0.15) is 5.75 Å². The highest BCUT2D eigenvalue weighted by Gasteiger charge is 2.35. The summed E-state index contributed by atoms with van der Waals surface area (Å²) in [6.07, 6.45) is -3.62. The first-order chi connectivity index (χ1) is 9.47. The molecule has 0 saturated carbocycles. The summed E-state index contributed by atoms with van der Waals surface area (Å²) in [4.78, 5) is 0. The highest BCUT2D eigenvalue weighted by atomic mass is 19.4. The van der Waals surface area contributed by atoms with Gasteiger partial charge in [-0.3, -0.25) is 0 Å². The zero-order chi connectivity index (χ0) is 14.6. The van der Waals surface area contributed by atoms with Crippen molar-refractivity contribution in [2.24, 2.45) is 5.92 Å². The van der Waals surface area contributed by atoms with Crippen LogP contribution in [-0.4, -0.2) is 12.8 Å². The molecule has 1 unspecified atom stereocenters. The molecule has 0 heterocycles. The van der Waals surface area contributed by atoms with Gasteiger partial charge < -0.3 is 4.74 Å². The summed E-state index contributed by atoms with van der Waals surface area (Å²) >= 11 is 0. The van der Waals surface area contributed by atoms with Crippen molar-refractivity contribution < 1.29 is 17.9 Å². The van der Waals surface area contributed by atoms with E-state index in [1.165, 1.54) is 6.92 Å². The summed E-state index contributed by atoms with van der Waals surface area (Å²) in [5.74, 6) is -0.578. The number of halogens is 3. The first-order valence-electron chi connectivity index (χ1n) is 6.65. The number of alkyl halides is 3. The van der Waals surface area contributed by atoms with E-state index in [-0.39, 0.29) is 6.42 Å². The lowest BCUT2D eigenvalue weighted by Crippen LogP contribution is -2.20. The number of fused-ring (bicyclic) bond motifs is 1. The van der Waals surface area contributed by atoms with Crippen LogP contribution >= 0.6 is 0 Å². The lowest BCUT2D eigenvalue weighted by molar-refractivity contribution is -0.171. The summed E-state index contributed by atoms with van der Waals surface area (Å²) in [6, 6.07) is 13.6. The Labute approximate surface area is 116 Å². The molecule has 0 bridgehead atoms. The fraction of sp³-hybridized carbons (Fsp3) is 0.375. The minimum Gasteiger partial charge on any atom is -0.494 e. The zero-order valence-electron chi connectivity index (χ0n) is 11.3.